The summed E-state index contributed by atoms with van der Waals surface area (Å²) in [6.07, 6.45) is 3.90. The van der Waals surface area contributed by atoms with Gasteiger partial charge in [-0.15, -0.1) is 0 Å². The summed E-state index contributed by atoms with van der Waals surface area (Å²) in [7, 11) is -3.73. The maximum absolute atomic E-state index is 13.6. The molecule has 7 nitrogen and oxygen atoms in total. The van der Waals surface area contributed by atoms with Gasteiger partial charge in [0.1, 0.15) is 12.6 Å². The number of unbranched alkanes of at least 4 members (excludes halogenated alkanes) is 1. The van der Waals surface area contributed by atoms with Gasteiger partial charge in [0.15, 0.2) is 0 Å². The van der Waals surface area contributed by atoms with E-state index in [-0.39, 0.29) is 12.5 Å². The fourth-order valence-corrected chi connectivity index (χ4v) is 4.74. The van der Waals surface area contributed by atoms with Gasteiger partial charge in [-0.05, 0) is 61.9 Å². The van der Waals surface area contributed by atoms with Gasteiger partial charge in [-0.25, -0.2) is 8.42 Å². The summed E-state index contributed by atoms with van der Waals surface area (Å²) in [4.78, 5) is 28.2. The minimum Gasteiger partial charge on any atom is -0.354 e. The number of aryl methyl sites for hydroxylation is 2. The van der Waals surface area contributed by atoms with Crippen molar-refractivity contribution in [1.29, 1.82) is 0 Å². The molecule has 0 bridgehead atoms. The highest BCUT2D eigenvalue weighted by Crippen LogP contribution is 2.22. The number of amides is 2. The quantitative estimate of drug-likeness (QED) is 0.423. The van der Waals surface area contributed by atoms with Crippen LogP contribution in [0.3, 0.4) is 0 Å². The van der Waals surface area contributed by atoms with Gasteiger partial charge in [-0.1, -0.05) is 56.7 Å². The van der Waals surface area contributed by atoms with Gasteiger partial charge < -0.3 is 10.2 Å². The minimum absolute atomic E-state index is 0.209. The lowest BCUT2D eigenvalue weighted by molar-refractivity contribution is -0.139. The van der Waals surface area contributed by atoms with E-state index in [0.717, 1.165) is 40.1 Å². The first-order valence-corrected chi connectivity index (χ1v) is 14.1. The van der Waals surface area contributed by atoms with Crippen molar-refractivity contribution >= 4 is 27.5 Å². The van der Waals surface area contributed by atoms with E-state index < -0.39 is 22.0 Å². The largest absolute Gasteiger partial charge is 0.354 e. The fourth-order valence-electron chi connectivity index (χ4n) is 3.90. The number of nitrogens with zero attached hydrogens (tertiary/aromatic N) is 2. The van der Waals surface area contributed by atoms with Gasteiger partial charge in [0.05, 0.1) is 11.9 Å². The van der Waals surface area contributed by atoms with Gasteiger partial charge in [0, 0.05) is 13.1 Å². The van der Waals surface area contributed by atoms with E-state index in [9.17, 15) is 18.0 Å². The highest BCUT2D eigenvalue weighted by Gasteiger charge is 2.31. The van der Waals surface area contributed by atoms with Crippen molar-refractivity contribution in [2.75, 3.05) is 30.2 Å². The average molecular weight is 502 g/mol. The number of carbonyl (C=O) groups is 2. The van der Waals surface area contributed by atoms with Gasteiger partial charge in [0.2, 0.25) is 21.8 Å². The SMILES string of the molecule is CCCCNC(=O)[C@@H](CC)N(CCc1ccccc1)C(=O)CN(c1ccc(C)c(C)c1)S(C)(=O)=O. The maximum Gasteiger partial charge on any atom is 0.244 e. The molecule has 2 aromatic carbocycles. The van der Waals surface area contributed by atoms with Gasteiger partial charge in [-0.2, -0.15) is 0 Å². The molecule has 0 spiro atoms. The Kier molecular flexibility index (Phi) is 10.8. The molecule has 0 unspecified atom stereocenters. The van der Waals surface area contributed by atoms with Crippen LogP contribution in [-0.4, -0.2) is 57.1 Å². The molecule has 8 heteroatoms. The molecule has 0 aromatic heterocycles. The number of sulfonamides is 1. The van der Waals surface area contributed by atoms with Crippen LogP contribution in [0.5, 0.6) is 0 Å². The molecule has 2 aromatic rings. The van der Waals surface area contributed by atoms with Gasteiger partial charge in [-0.3, -0.25) is 13.9 Å². The summed E-state index contributed by atoms with van der Waals surface area (Å²) < 4.78 is 26.5. The molecule has 2 rings (SSSR count). The average Bonchev–Trinajstić information content (AvgIpc) is 2.82. The van der Waals surface area contributed by atoms with Crippen LogP contribution in [0.4, 0.5) is 5.69 Å². The molecule has 1 N–H and O–H groups in total. The van der Waals surface area contributed by atoms with E-state index >= 15 is 0 Å². The van der Waals surface area contributed by atoms with Crippen LogP contribution in [-0.2, 0) is 26.0 Å². The Labute approximate surface area is 210 Å². The molecule has 2 amide bonds. The number of benzene rings is 2. The molecule has 192 valence electrons. The number of nitrogens with one attached hydrogen (secondary N) is 1. The summed E-state index contributed by atoms with van der Waals surface area (Å²) in [5, 5.41) is 2.93. The third-order valence-corrected chi connectivity index (χ3v) is 7.30. The molecule has 0 saturated heterocycles. The maximum atomic E-state index is 13.6. The van der Waals surface area contributed by atoms with E-state index in [1.54, 1.807) is 12.1 Å². The van der Waals surface area contributed by atoms with Crippen molar-refractivity contribution in [2.24, 2.45) is 0 Å². The lowest BCUT2D eigenvalue weighted by Crippen LogP contribution is -2.53. The molecule has 0 aliphatic heterocycles. The predicted molar refractivity (Wildman–Crippen MR) is 142 cm³/mol. The minimum atomic E-state index is -3.73. The summed E-state index contributed by atoms with van der Waals surface area (Å²) >= 11 is 0. The van der Waals surface area contributed by atoms with Crippen LogP contribution in [0.1, 0.15) is 49.8 Å². The number of hydrogen-bond donors (Lipinski definition) is 1. The van der Waals surface area contributed by atoms with Gasteiger partial charge >= 0.3 is 0 Å². The normalized spacial score (nSPS) is 12.1. The van der Waals surface area contributed by atoms with Crippen LogP contribution >= 0.6 is 0 Å². The highest BCUT2D eigenvalue weighted by atomic mass is 32.2. The summed E-state index contributed by atoms with van der Waals surface area (Å²) in [6, 6.07) is 14.4. The Balaban J connectivity index is 2.34. The predicted octanol–water partition coefficient (Wildman–Crippen LogP) is 3.84. The first-order valence-electron chi connectivity index (χ1n) is 12.2. The molecule has 35 heavy (non-hydrogen) atoms. The number of hydrogen-bond acceptors (Lipinski definition) is 4. The van der Waals surface area contributed by atoms with Crippen molar-refractivity contribution in [3.05, 3.63) is 65.2 Å². The third kappa shape index (κ3) is 8.38. The van der Waals surface area contributed by atoms with E-state index in [0.29, 0.717) is 31.6 Å². The third-order valence-electron chi connectivity index (χ3n) is 6.16. The van der Waals surface area contributed by atoms with Crippen LogP contribution in [0.25, 0.3) is 0 Å². The van der Waals surface area contributed by atoms with Crippen LogP contribution in [0, 0.1) is 13.8 Å². The molecule has 0 saturated carbocycles. The Morgan fingerprint density at radius 1 is 1.00 bits per heavy atom. The standard InChI is InChI=1S/C27H39N3O4S/c1-6-8-17-28-27(32)25(7-2)29(18-16-23-12-10-9-11-13-23)26(31)20-30(35(5,33)34)24-15-14-21(3)22(4)19-24/h9-15,19,25H,6-8,16-18,20H2,1-5H3,(H,28,32)/t25-/m1/s1. The Morgan fingerprint density at radius 2 is 1.69 bits per heavy atom. The topological polar surface area (TPSA) is 86.8 Å². The Hall–Kier alpha value is -2.87. The molecule has 1 atom stereocenters. The van der Waals surface area contributed by atoms with E-state index in [4.69, 9.17) is 0 Å². The zero-order valence-corrected chi connectivity index (χ0v) is 22.4. The first kappa shape index (κ1) is 28.4. The van der Waals surface area contributed by atoms with Crippen molar-refractivity contribution in [2.45, 2.75) is 59.4 Å². The summed E-state index contributed by atoms with van der Waals surface area (Å²) in [6.45, 7) is 8.26. The monoisotopic (exact) mass is 501 g/mol. The zero-order valence-electron chi connectivity index (χ0n) is 21.6. The zero-order chi connectivity index (χ0) is 26.0. The lowest BCUT2D eigenvalue weighted by Gasteiger charge is -2.33. The van der Waals surface area contributed by atoms with Crippen LogP contribution in [0.2, 0.25) is 0 Å². The second kappa shape index (κ2) is 13.3. The molecule has 0 aliphatic rings. The van der Waals surface area contributed by atoms with Crippen molar-refractivity contribution in [1.82, 2.24) is 10.2 Å². The number of carbonyl (C=O) groups excluding carboxylic acids is 2. The summed E-state index contributed by atoms with van der Waals surface area (Å²) in [5.41, 5.74) is 3.45. The Bertz CT molecular complexity index is 1090. The second-order valence-electron chi connectivity index (χ2n) is 8.93. The van der Waals surface area contributed by atoms with Crippen molar-refractivity contribution < 1.29 is 18.0 Å². The number of rotatable bonds is 13. The lowest BCUT2D eigenvalue weighted by atomic mass is 10.1. The second-order valence-corrected chi connectivity index (χ2v) is 10.8. The van der Waals surface area contributed by atoms with Crippen LogP contribution < -0.4 is 9.62 Å². The van der Waals surface area contributed by atoms with E-state index in [2.05, 4.69) is 5.32 Å². The fraction of sp³-hybridized carbons (Fsp3) is 0.481. The van der Waals surface area contributed by atoms with Gasteiger partial charge in [0.25, 0.3) is 0 Å². The number of anilines is 1. The van der Waals surface area contributed by atoms with Crippen molar-refractivity contribution in [3.63, 3.8) is 0 Å². The Morgan fingerprint density at radius 3 is 2.26 bits per heavy atom. The first-order chi connectivity index (χ1) is 16.6. The molecule has 0 fully saturated rings. The van der Waals surface area contributed by atoms with E-state index in [1.807, 2.05) is 64.1 Å². The smallest absolute Gasteiger partial charge is 0.244 e. The van der Waals surface area contributed by atoms with Crippen molar-refractivity contribution in [3.8, 4) is 0 Å². The van der Waals surface area contributed by atoms with E-state index in [1.165, 1.54) is 4.90 Å². The summed E-state index contributed by atoms with van der Waals surface area (Å²) in [5.74, 6) is -0.610. The molecular formula is C27H39N3O4S. The molecule has 0 radical (unpaired) electrons. The highest BCUT2D eigenvalue weighted by molar-refractivity contribution is 7.92. The molecular weight excluding hydrogens is 462 g/mol. The molecule has 0 heterocycles. The van der Waals surface area contributed by atoms with Crippen LogP contribution in [0.15, 0.2) is 48.5 Å². The molecule has 0 aliphatic carbocycles.